The van der Waals surface area contributed by atoms with E-state index in [1.165, 1.54) is 30.3 Å². The van der Waals surface area contributed by atoms with Crippen LogP contribution in [0, 0.1) is 5.82 Å². The highest BCUT2D eigenvalue weighted by Crippen LogP contribution is 2.13. The average Bonchev–Trinajstić information content (AvgIpc) is 2.82. The number of rotatable bonds is 6. The summed E-state index contributed by atoms with van der Waals surface area (Å²) in [4.78, 5) is 33.2. The lowest BCUT2D eigenvalue weighted by Crippen LogP contribution is -2.20. The third kappa shape index (κ3) is 5.40. The fourth-order valence-corrected chi connectivity index (χ4v) is 3.02. The quantitative estimate of drug-likeness (QED) is 0.449. The first-order valence-electron chi connectivity index (χ1n) is 9.90. The van der Waals surface area contributed by atoms with Gasteiger partial charge in [0.15, 0.2) is 0 Å². The lowest BCUT2D eigenvalue weighted by Gasteiger charge is -2.08. The summed E-state index contributed by atoms with van der Waals surface area (Å²) in [7, 11) is 0. The second-order valence-corrected chi connectivity index (χ2v) is 7.00. The van der Waals surface area contributed by atoms with E-state index >= 15 is 0 Å². The molecule has 0 saturated heterocycles. The number of hydrogen-bond donors (Lipinski definition) is 2. The van der Waals surface area contributed by atoms with Crippen LogP contribution in [0.1, 0.15) is 21.6 Å². The number of nitrogens with one attached hydrogen (secondary N) is 2. The van der Waals surface area contributed by atoms with Crippen LogP contribution in [0.3, 0.4) is 0 Å². The number of aromatic nitrogens is 2. The highest BCUT2D eigenvalue weighted by molar-refractivity contribution is 6.04. The Balaban J connectivity index is 1.34. The van der Waals surface area contributed by atoms with E-state index < -0.39 is 5.82 Å². The van der Waals surface area contributed by atoms with E-state index in [-0.39, 0.29) is 18.4 Å². The Morgan fingerprint density at radius 3 is 2.53 bits per heavy atom. The standard InChI is InChI=1S/C25H19FN4O2/c26-19-10-8-18(9-11-19)25(32)30-20-5-3-4-17(14-20)15-28-24(31)13-12-21-16-27-22-6-1-2-7-23(22)29-21/h1-14,16H,15H2,(H,28,31)(H,30,32)/b13-12+. The molecule has 0 aliphatic heterocycles. The second-order valence-electron chi connectivity index (χ2n) is 7.00. The van der Waals surface area contributed by atoms with E-state index in [0.717, 1.165) is 16.6 Å². The van der Waals surface area contributed by atoms with Crippen LogP contribution in [0.2, 0.25) is 0 Å². The van der Waals surface area contributed by atoms with Crippen molar-refractivity contribution >= 4 is 34.6 Å². The van der Waals surface area contributed by atoms with Gasteiger partial charge < -0.3 is 10.6 Å². The highest BCUT2D eigenvalue weighted by atomic mass is 19.1. The molecular weight excluding hydrogens is 407 g/mol. The van der Waals surface area contributed by atoms with E-state index in [1.807, 2.05) is 30.3 Å². The maximum Gasteiger partial charge on any atom is 0.255 e. The number of benzene rings is 3. The average molecular weight is 426 g/mol. The number of halogens is 1. The Morgan fingerprint density at radius 2 is 1.72 bits per heavy atom. The van der Waals surface area contributed by atoms with Crippen molar-refractivity contribution in [3.63, 3.8) is 0 Å². The molecule has 3 aromatic carbocycles. The van der Waals surface area contributed by atoms with Gasteiger partial charge in [0.2, 0.25) is 5.91 Å². The summed E-state index contributed by atoms with van der Waals surface area (Å²) in [6.45, 7) is 0.285. The van der Waals surface area contributed by atoms with Gasteiger partial charge in [-0.25, -0.2) is 9.37 Å². The maximum absolute atomic E-state index is 13.0. The van der Waals surface area contributed by atoms with Gasteiger partial charge in [-0.3, -0.25) is 14.6 Å². The third-order valence-corrected chi connectivity index (χ3v) is 4.63. The minimum absolute atomic E-state index is 0.277. The van der Waals surface area contributed by atoms with Gasteiger partial charge in [-0.05, 0) is 60.2 Å². The van der Waals surface area contributed by atoms with Crippen molar-refractivity contribution in [1.82, 2.24) is 15.3 Å². The van der Waals surface area contributed by atoms with Crippen LogP contribution in [0.4, 0.5) is 10.1 Å². The number of para-hydroxylation sites is 2. The van der Waals surface area contributed by atoms with Crippen molar-refractivity contribution in [1.29, 1.82) is 0 Å². The number of hydrogen-bond acceptors (Lipinski definition) is 4. The number of carbonyl (C=O) groups is 2. The summed E-state index contributed by atoms with van der Waals surface area (Å²) >= 11 is 0. The second kappa shape index (κ2) is 9.61. The van der Waals surface area contributed by atoms with Crippen molar-refractivity contribution in [3.8, 4) is 0 Å². The molecule has 0 fully saturated rings. The Morgan fingerprint density at radius 1 is 0.938 bits per heavy atom. The van der Waals surface area contributed by atoms with Gasteiger partial charge in [0, 0.05) is 23.9 Å². The lowest BCUT2D eigenvalue weighted by molar-refractivity contribution is -0.116. The molecule has 158 valence electrons. The van der Waals surface area contributed by atoms with Crippen LogP contribution in [0.5, 0.6) is 0 Å². The number of fused-ring (bicyclic) bond motifs is 1. The number of nitrogens with zero attached hydrogens (tertiary/aromatic N) is 2. The van der Waals surface area contributed by atoms with E-state index in [2.05, 4.69) is 20.6 Å². The normalized spacial score (nSPS) is 10.9. The summed E-state index contributed by atoms with van der Waals surface area (Å²) in [5.74, 6) is -1.02. The van der Waals surface area contributed by atoms with Gasteiger partial charge in [-0.15, -0.1) is 0 Å². The van der Waals surface area contributed by atoms with Crippen molar-refractivity contribution in [2.45, 2.75) is 6.54 Å². The molecular formula is C25H19FN4O2. The molecule has 0 saturated carbocycles. The molecule has 0 radical (unpaired) electrons. The first kappa shape index (κ1) is 20.9. The van der Waals surface area contributed by atoms with Crippen LogP contribution in [0.25, 0.3) is 17.1 Å². The van der Waals surface area contributed by atoms with E-state index in [4.69, 9.17) is 0 Å². The lowest BCUT2D eigenvalue weighted by atomic mass is 10.1. The minimum atomic E-state index is -0.402. The zero-order valence-corrected chi connectivity index (χ0v) is 17.0. The van der Waals surface area contributed by atoms with Crippen LogP contribution >= 0.6 is 0 Å². The molecule has 4 rings (SSSR count). The topological polar surface area (TPSA) is 84.0 Å². The Labute approximate surface area is 183 Å². The van der Waals surface area contributed by atoms with Gasteiger partial charge in [0.25, 0.3) is 5.91 Å². The molecule has 0 aliphatic rings. The third-order valence-electron chi connectivity index (χ3n) is 4.63. The van der Waals surface area contributed by atoms with Crippen LogP contribution in [-0.2, 0) is 11.3 Å². The summed E-state index contributed by atoms with van der Waals surface area (Å²) in [5.41, 5.74) is 3.88. The van der Waals surface area contributed by atoms with Gasteiger partial charge in [-0.1, -0.05) is 24.3 Å². The molecule has 0 aliphatic carbocycles. The molecule has 0 atom stereocenters. The van der Waals surface area contributed by atoms with E-state index in [1.54, 1.807) is 30.5 Å². The summed E-state index contributed by atoms with van der Waals surface area (Å²) in [6, 6.07) is 19.9. The van der Waals surface area contributed by atoms with Crippen LogP contribution in [-0.4, -0.2) is 21.8 Å². The van der Waals surface area contributed by atoms with Crippen molar-refractivity contribution in [3.05, 3.63) is 108 Å². The zero-order valence-electron chi connectivity index (χ0n) is 17.0. The fraction of sp³-hybridized carbons (Fsp3) is 0.0400. The Hall–Kier alpha value is -4.39. The summed E-state index contributed by atoms with van der Waals surface area (Å²) < 4.78 is 13.0. The van der Waals surface area contributed by atoms with Crippen molar-refractivity contribution < 1.29 is 14.0 Å². The SMILES string of the molecule is O=C(/C=C/c1cnc2ccccc2n1)NCc1cccc(NC(=O)c2ccc(F)cc2)c1. The molecule has 0 spiro atoms. The van der Waals surface area contributed by atoms with Crippen molar-refractivity contribution in [2.75, 3.05) is 5.32 Å². The fourth-order valence-electron chi connectivity index (χ4n) is 3.02. The molecule has 0 bridgehead atoms. The van der Waals surface area contributed by atoms with Crippen LogP contribution in [0.15, 0.2) is 85.1 Å². The van der Waals surface area contributed by atoms with E-state index in [0.29, 0.717) is 16.9 Å². The molecule has 1 aromatic heterocycles. The summed E-state index contributed by atoms with van der Waals surface area (Å²) in [6.07, 6.45) is 4.62. The molecule has 7 heteroatoms. The number of anilines is 1. The number of carbonyl (C=O) groups excluding carboxylic acids is 2. The maximum atomic E-state index is 13.0. The molecule has 1 heterocycles. The molecule has 2 N–H and O–H groups in total. The largest absolute Gasteiger partial charge is 0.348 e. The first-order valence-corrected chi connectivity index (χ1v) is 9.90. The predicted molar refractivity (Wildman–Crippen MR) is 121 cm³/mol. The van der Waals surface area contributed by atoms with Gasteiger partial charge in [0.1, 0.15) is 5.82 Å². The molecule has 32 heavy (non-hydrogen) atoms. The summed E-state index contributed by atoms with van der Waals surface area (Å²) in [5, 5.41) is 5.56. The molecule has 6 nitrogen and oxygen atoms in total. The Kier molecular flexibility index (Phi) is 6.27. The molecule has 4 aromatic rings. The predicted octanol–water partition coefficient (Wildman–Crippen LogP) is 4.35. The minimum Gasteiger partial charge on any atom is -0.348 e. The van der Waals surface area contributed by atoms with Gasteiger partial charge >= 0.3 is 0 Å². The monoisotopic (exact) mass is 426 g/mol. The van der Waals surface area contributed by atoms with E-state index in [9.17, 15) is 14.0 Å². The first-order chi connectivity index (χ1) is 15.6. The Bertz CT molecular complexity index is 1300. The van der Waals surface area contributed by atoms with Gasteiger partial charge in [-0.2, -0.15) is 0 Å². The zero-order chi connectivity index (χ0) is 22.3. The number of amides is 2. The smallest absolute Gasteiger partial charge is 0.255 e. The molecule has 2 amide bonds. The highest BCUT2D eigenvalue weighted by Gasteiger charge is 2.07. The molecule has 0 unspecified atom stereocenters. The van der Waals surface area contributed by atoms with Crippen molar-refractivity contribution in [2.24, 2.45) is 0 Å². The van der Waals surface area contributed by atoms with Gasteiger partial charge in [0.05, 0.1) is 22.9 Å². The van der Waals surface area contributed by atoms with Crippen LogP contribution < -0.4 is 10.6 Å².